The predicted molar refractivity (Wildman–Crippen MR) is 59.3 cm³/mol. The van der Waals surface area contributed by atoms with E-state index in [1.165, 1.54) is 0 Å². The number of benzene rings is 1. The van der Waals surface area contributed by atoms with Gasteiger partial charge in [0.2, 0.25) is 0 Å². The van der Waals surface area contributed by atoms with Crippen LogP contribution in [-0.2, 0) is 0 Å². The molecule has 0 fully saturated rings. The maximum Gasteiger partial charge on any atom is 0.118 e. The van der Waals surface area contributed by atoms with Crippen LogP contribution in [0.25, 0.3) is 0 Å². The highest BCUT2D eigenvalue weighted by atomic mass is 16.5. The number of ether oxygens (including phenoxy) is 1. The molecule has 1 unspecified atom stereocenters. The average molecular weight is 204 g/mol. The van der Waals surface area contributed by atoms with Crippen LogP contribution in [0, 0.1) is 16.7 Å². The van der Waals surface area contributed by atoms with Crippen molar-refractivity contribution >= 4 is 0 Å². The van der Waals surface area contributed by atoms with E-state index in [0.29, 0.717) is 0 Å². The van der Waals surface area contributed by atoms with Crippen molar-refractivity contribution in [2.45, 2.75) is 19.9 Å². The molecule has 0 aliphatic carbocycles. The molecule has 0 spiro atoms. The standard InChI is InChI=1S/C12H16N2O/c1-12(2,8-13)11(14)9-4-6-10(15-3)7-5-9/h4-7,11H,14H2,1-3H3. The molecule has 80 valence electrons. The van der Waals surface area contributed by atoms with Gasteiger partial charge in [0, 0.05) is 6.04 Å². The molecule has 3 heteroatoms. The van der Waals surface area contributed by atoms with Gasteiger partial charge >= 0.3 is 0 Å². The molecule has 1 atom stereocenters. The van der Waals surface area contributed by atoms with Crippen LogP contribution in [0.1, 0.15) is 25.5 Å². The second-order valence-corrected chi connectivity index (χ2v) is 4.08. The van der Waals surface area contributed by atoms with Gasteiger partial charge in [-0.15, -0.1) is 0 Å². The molecule has 2 N–H and O–H groups in total. The van der Waals surface area contributed by atoms with E-state index in [4.69, 9.17) is 15.7 Å². The molecule has 1 aromatic rings. The zero-order chi connectivity index (χ0) is 11.5. The lowest BCUT2D eigenvalue weighted by Gasteiger charge is -2.24. The molecule has 1 aromatic carbocycles. The first-order chi connectivity index (χ1) is 7.01. The van der Waals surface area contributed by atoms with Crippen molar-refractivity contribution in [3.63, 3.8) is 0 Å². The normalized spacial score (nSPS) is 13.0. The van der Waals surface area contributed by atoms with Crippen molar-refractivity contribution in [2.75, 3.05) is 7.11 Å². The molecule has 0 aliphatic heterocycles. The van der Waals surface area contributed by atoms with E-state index in [1.54, 1.807) is 7.11 Å². The fourth-order valence-electron chi connectivity index (χ4n) is 1.30. The van der Waals surface area contributed by atoms with Crippen molar-refractivity contribution < 1.29 is 4.74 Å². The lowest BCUT2D eigenvalue weighted by molar-refractivity contribution is 0.391. The molecular formula is C12H16N2O. The Hall–Kier alpha value is -1.53. The lowest BCUT2D eigenvalue weighted by Crippen LogP contribution is -2.27. The van der Waals surface area contributed by atoms with E-state index < -0.39 is 5.41 Å². The van der Waals surface area contributed by atoms with Gasteiger partial charge in [-0.05, 0) is 31.5 Å². The first-order valence-corrected chi connectivity index (χ1v) is 4.82. The van der Waals surface area contributed by atoms with E-state index in [-0.39, 0.29) is 6.04 Å². The van der Waals surface area contributed by atoms with Crippen molar-refractivity contribution in [1.82, 2.24) is 0 Å². The zero-order valence-electron chi connectivity index (χ0n) is 9.32. The molecule has 0 saturated carbocycles. The Morgan fingerprint density at radius 3 is 2.27 bits per heavy atom. The molecule has 0 aliphatic rings. The van der Waals surface area contributed by atoms with Gasteiger partial charge in [-0.2, -0.15) is 5.26 Å². The van der Waals surface area contributed by atoms with Crippen LogP contribution in [0.5, 0.6) is 5.75 Å². The minimum Gasteiger partial charge on any atom is -0.497 e. The largest absolute Gasteiger partial charge is 0.497 e. The van der Waals surface area contributed by atoms with Gasteiger partial charge in [-0.3, -0.25) is 0 Å². The van der Waals surface area contributed by atoms with Crippen molar-refractivity contribution in [3.05, 3.63) is 29.8 Å². The molecule has 15 heavy (non-hydrogen) atoms. The van der Waals surface area contributed by atoms with Crippen molar-refractivity contribution in [1.29, 1.82) is 5.26 Å². The first-order valence-electron chi connectivity index (χ1n) is 4.82. The summed E-state index contributed by atoms with van der Waals surface area (Å²) >= 11 is 0. The van der Waals surface area contributed by atoms with E-state index in [9.17, 15) is 0 Å². The Labute approximate surface area is 90.5 Å². The van der Waals surface area contributed by atoms with E-state index in [0.717, 1.165) is 11.3 Å². The van der Waals surface area contributed by atoms with E-state index in [2.05, 4.69) is 6.07 Å². The second kappa shape index (κ2) is 4.33. The van der Waals surface area contributed by atoms with E-state index in [1.807, 2.05) is 38.1 Å². The summed E-state index contributed by atoms with van der Waals surface area (Å²) in [5.41, 5.74) is 6.40. The molecular weight excluding hydrogens is 188 g/mol. The molecule has 0 heterocycles. The summed E-state index contributed by atoms with van der Waals surface area (Å²) < 4.78 is 5.06. The monoisotopic (exact) mass is 204 g/mol. The van der Waals surface area contributed by atoms with Gasteiger partial charge in [0.05, 0.1) is 18.6 Å². The topological polar surface area (TPSA) is 59.0 Å². The second-order valence-electron chi connectivity index (χ2n) is 4.08. The number of nitrogens with zero attached hydrogens (tertiary/aromatic N) is 1. The highest BCUT2D eigenvalue weighted by Gasteiger charge is 2.27. The van der Waals surface area contributed by atoms with Crippen LogP contribution in [0.2, 0.25) is 0 Å². The molecule has 0 saturated heterocycles. The third-order valence-corrected chi connectivity index (χ3v) is 2.54. The summed E-state index contributed by atoms with van der Waals surface area (Å²) in [6.45, 7) is 3.67. The summed E-state index contributed by atoms with van der Waals surface area (Å²) in [4.78, 5) is 0. The third-order valence-electron chi connectivity index (χ3n) is 2.54. The minimum atomic E-state index is -0.561. The quantitative estimate of drug-likeness (QED) is 0.821. The Morgan fingerprint density at radius 2 is 1.87 bits per heavy atom. The average Bonchev–Trinajstić information content (AvgIpc) is 2.28. The van der Waals surface area contributed by atoms with Crippen molar-refractivity contribution in [3.8, 4) is 11.8 Å². The zero-order valence-corrected chi connectivity index (χ0v) is 9.32. The Balaban J connectivity index is 2.93. The van der Waals surface area contributed by atoms with Crippen molar-refractivity contribution in [2.24, 2.45) is 11.1 Å². The van der Waals surface area contributed by atoms with E-state index >= 15 is 0 Å². The van der Waals surface area contributed by atoms with Gasteiger partial charge < -0.3 is 10.5 Å². The summed E-state index contributed by atoms with van der Waals surface area (Å²) in [6.07, 6.45) is 0. The number of hydrogen-bond donors (Lipinski definition) is 1. The molecule has 0 radical (unpaired) electrons. The van der Waals surface area contributed by atoms with Crippen LogP contribution in [0.15, 0.2) is 24.3 Å². The summed E-state index contributed by atoms with van der Waals surface area (Å²) in [6, 6.07) is 9.41. The van der Waals surface area contributed by atoms with Gasteiger partial charge in [0.25, 0.3) is 0 Å². The fourth-order valence-corrected chi connectivity index (χ4v) is 1.30. The van der Waals surface area contributed by atoms with Gasteiger partial charge in [0.1, 0.15) is 5.75 Å². The Morgan fingerprint density at radius 1 is 1.33 bits per heavy atom. The molecule has 0 amide bonds. The molecule has 3 nitrogen and oxygen atoms in total. The lowest BCUT2D eigenvalue weighted by atomic mass is 9.82. The fraction of sp³-hybridized carbons (Fsp3) is 0.417. The Bertz CT molecular complexity index is 362. The van der Waals surface area contributed by atoms with Crippen LogP contribution >= 0.6 is 0 Å². The summed E-state index contributed by atoms with van der Waals surface area (Å²) in [5.74, 6) is 0.792. The van der Waals surface area contributed by atoms with Crippen LogP contribution < -0.4 is 10.5 Å². The van der Waals surface area contributed by atoms with Gasteiger partial charge in [-0.1, -0.05) is 12.1 Å². The Kier molecular flexibility index (Phi) is 3.33. The predicted octanol–water partition coefficient (Wildman–Crippen LogP) is 2.24. The van der Waals surface area contributed by atoms with Gasteiger partial charge in [-0.25, -0.2) is 0 Å². The smallest absolute Gasteiger partial charge is 0.118 e. The van der Waals surface area contributed by atoms with Crippen LogP contribution in [0.3, 0.4) is 0 Å². The molecule has 0 bridgehead atoms. The highest BCUT2D eigenvalue weighted by molar-refractivity contribution is 5.30. The highest BCUT2D eigenvalue weighted by Crippen LogP contribution is 2.30. The third kappa shape index (κ3) is 2.48. The number of nitrogens with two attached hydrogens (primary N) is 1. The van der Waals surface area contributed by atoms with Crippen LogP contribution in [0.4, 0.5) is 0 Å². The molecule has 0 aromatic heterocycles. The number of rotatable bonds is 3. The summed E-state index contributed by atoms with van der Waals surface area (Å²) in [7, 11) is 1.62. The maximum atomic E-state index is 8.97. The first kappa shape index (κ1) is 11.5. The number of nitriles is 1. The number of hydrogen-bond acceptors (Lipinski definition) is 3. The number of methoxy groups -OCH3 is 1. The molecule has 1 rings (SSSR count). The van der Waals surface area contributed by atoms with Gasteiger partial charge in [0.15, 0.2) is 0 Å². The maximum absolute atomic E-state index is 8.97. The SMILES string of the molecule is COc1ccc(C(N)C(C)(C)C#N)cc1. The minimum absolute atomic E-state index is 0.284. The summed E-state index contributed by atoms with van der Waals surface area (Å²) in [5, 5.41) is 8.97. The van der Waals surface area contributed by atoms with Crippen LogP contribution in [-0.4, -0.2) is 7.11 Å².